The van der Waals surface area contributed by atoms with E-state index in [9.17, 15) is 19.2 Å². The van der Waals surface area contributed by atoms with Crippen molar-refractivity contribution in [3.63, 3.8) is 0 Å². The van der Waals surface area contributed by atoms with E-state index >= 15 is 0 Å². The minimum Gasteiger partial charge on any atom is -0.497 e. The number of anilines is 1. The van der Waals surface area contributed by atoms with Gasteiger partial charge in [0.25, 0.3) is 11.8 Å². The topological polar surface area (TPSA) is 93.2 Å². The lowest BCUT2D eigenvalue weighted by molar-refractivity contribution is -0.132. The maximum Gasteiger partial charge on any atom is 0.308 e. The molecule has 0 radical (unpaired) electrons. The van der Waals surface area contributed by atoms with Crippen molar-refractivity contribution < 1.29 is 28.7 Å². The summed E-state index contributed by atoms with van der Waals surface area (Å²) in [6.07, 6.45) is 7.07. The number of ether oxygens (including phenoxy) is 2. The second kappa shape index (κ2) is 11.2. The first-order valence-corrected chi connectivity index (χ1v) is 12.2. The first-order valence-electron chi connectivity index (χ1n) is 12.2. The summed E-state index contributed by atoms with van der Waals surface area (Å²) in [6, 6.07) is 12.1. The predicted molar refractivity (Wildman–Crippen MR) is 134 cm³/mol. The molecule has 0 bridgehead atoms. The number of rotatable bonds is 8. The highest BCUT2D eigenvalue weighted by Gasteiger charge is 2.44. The Morgan fingerprint density at radius 2 is 1.83 bits per heavy atom. The summed E-state index contributed by atoms with van der Waals surface area (Å²) in [7, 11) is 1.53. The highest BCUT2D eigenvalue weighted by Crippen LogP contribution is 2.30. The van der Waals surface area contributed by atoms with E-state index in [0.717, 1.165) is 30.6 Å². The van der Waals surface area contributed by atoms with Gasteiger partial charge in [0.15, 0.2) is 0 Å². The molecule has 2 aliphatic rings. The number of benzene rings is 2. The van der Waals surface area contributed by atoms with Crippen molar-refractivity contribution >= 4 is 29.4 Å². The molecule has 1 aliphatic heterocycles. The second-order valence-electron chi connectivity index (χ2n) is 8.96. The molecule has 3 amide bonds. The van der Waals surface area contributed by atoms with E-state index in [-0.39, 0.29) is 18.2 Å². The summed E-state index contributed by atoms with van der Waals surface area (Å²) in [4.78, 5) is 53.9. The van der Waals surface area contributed by atoms with E-state index in [2.05, 4.69) is 6.08 Å². The number of amides is 3. The molecule has 1 heterocycles. The smallest absolute Gasteiger partial charge is 0.308 e. The van der Waals surface area contributed by atoms with Crippen LogP contribution in [0.15, 0.2) is 60.2 Å². The van der Waals surface area contributed by atoms with Gasteiger partial charge in [0.05, 0.1) is 19.2 Å². The van der Waals surface area contributed by atoms with Gasteiger partial charge < -0.3 is 14.4 Å². The Bertz CT molecular complexity index is 1190. The zero-order valence-electron chi connectivity index (χ0n) is 20.6. The third-order valence-corrected chi connectivity index (χ3v) is 6.49. The van der Waals surface area contributed by atoms with Crippen LogP contribution in [0.5, 0.6) is 11.5 Å². The summed E-state index contributed by atoms with van der Waals surface area (Å²) >= 11 is 0. The first-order chi connectivity index (χ1) is 17.4. The van der Waals surface area contributed by atoms with Crippen LogP contribution >= 0.6 is 0 Å². The standard InChI is InChI=1S/C28H30N2O6/c1-19(31)36-23-13-11-22(12-14-23)30-26(32)18-25(28(30)34)29(16-15-20-7-4-3-5-8-20)27(33)21-9-6-10-24(17-21)35-2/h6-7,9-14,17,25H,3-5,8,15-16,18H2,1-2H3. The van der Waals surface area contributed by atoms with Crippen molar-refractivity contribution in [3.8, 4) is 11.5 Å². The Hall–Kier alpha value is -3.94. The lowest BCUT2D eigenvalue weighted by Crippen LogP contribution is -2.46. The Kier molecular flexibility index (Phi) is 7.83. The SMILES string of the molecule is COc1cccc(C(=O)N(CCC2=CCCCC2)C2CC(=O)N(c3ccc(OC(C)=O)cc3)C2=O)c1. The fourth-order valence-electron chi connectivity index (χ4n) is 4.68. The van der Waals surface area contributed by atoms with Crippen molar-refractivity contribution in [2.45, 2.75) is 51.5 Å². The van der Waals surface area contributed by atoms with Gasteiger partial charge in [0, 0.05) is 19.0 Å². The van der Waals surface area contributed by atoms with Crippen LogP contribution < -0.4 is 14.4 Å². The van der Waals surface area contributed by atoms with Crippen LogP contribution in [0.2, 0.25) is 0 Å². The van der Waals surface area contributed by atoms with Gasteiger partial charge >= 0.3 is 5.97 Å². The normalized spacial score (nSPS) is 17.6. The van der Waals surface area contributed by atoms with Gasteiger partial charge in [-0.2, -0.15) is 0 Å². The Morgan fingerprint density at radius 3 is 2.50 bits per heavy atom. The van der Waals surface area contributed by atoms with Crippen molar-refractivity contribution in [1.29, 1.82) is 0 Å². The van der Waals surface area contributed by atoms with Gasteiger partial charge in [-0.05, 0) is 74.6 Å². The molecular formula is C28H30N2O6. The Balaban J connectivity index is 1.59. The molecule has 0 aromatic heterocycles. The molecule has 4 rings (SSSR count). The van der Waals surface area contributed by atoms with Crippen LogP contribution in [0.1, 0.15) is 55.8 Å². The molecule has 1 aliphatic carbocycles. The highest BCUT2D eigenvalue weighted by molar-refractivity contribution is 6.23. The lowest BCUT2D eigenvalue weighted by Gasteiger charge is -2.29. The summed E-state index contributed by atoms with van der Waals surface area (Å²) in [5, 5.41) is 0. The number of carbonyl (C=O) groups is 4. The van der Waals surface area contributed by atoms with E-state index in [0.29, 0.717) is 35.7 Å². The molecule has 0 N–H and O–H groups in total. The van der Waals surface area contributed by atoms with E-state index in [1.807, 2.05) is 0 Å². The molecule has 2 aromatic rings. The number of imide groups is 1. The van der Waals surface area contributed by atoms with Crippen LogP contribution in [0.4, 0.5) is 5.69 Å². The third kappa shape index (κ3) is 5.64. The van der Waals surface area contributed by atoms with Crippen LogP contribution in [-0.4, -0.2) is 48.3 Å². The predicted octanol–water partition coefficient (Wildman–Crippen LogP) is 4.29. The van der Waals surface area contributed by atoms with Gasteiger partial charge in [0.2, 0.25) is 5.91 Å². The summed E-state index contributed by atoms with van der Waals surface area (Å²) in [5.41, 5.74) is 2.04. The lowest BCUT2D eigenvalue weighted by atomic mass is 9.96. The number of nitrogens with zero attached hydrogens (tertiary/aromatic N) is 2. The van der Waals surface area contributed by atoms with Crippen LogP contribution in [0.3, 0.4) is 0 Å². The van der Waals surface area contributed by atoms with Crippen molar-refractivity contribution in [2.24, 2.45) is 0 Å². The third-order valence-electron chi connectivity index (χ3n) is 6.49. The molecule has 1 saturated heterocycles. The van der Waals surface area contributed by atoms with Gasteiger partial charge in [-0.15, -0.1) is 0 Å². The molecule has 1 atom stereocenters. The van der Waals surface area contributed by atoms with Gasteiger partial charge in [-0.3, -0.25) is 19.2 Å². The summed E-state index contributed by atoms with van der Waals surface area (Å²) in [6.45, 7) is 1.63. The van der Waals surface area contributed by atoms with Crippen molar-refractivity contribution in [2.75, 3.05) is 18.6 Å². The molecule has 0 saturated carbocycles. The van der Waals surface area contributed by atoms with E-state index < -0.39 is 17.9 Å². The fraction of sp³-hybridized carbons (Fsp3) is 0.357. The molecule has 8 nitrogen and oxygen atoms in total. The fourth-order valence-corrected chi connectivity index (χ4v) is 4.68. The zero-order valence-corrected chi connectivity index (χ0v) is 20.6. The van der Waals surface area contributed by atoms with Crippen LogP contribution in [-0.2, 0) is 14.4 Å². The van der Waals surface area contributed by atoms with Gasteiger partial charge in [-0.25, -0.2) is 4.90 Å². The average molecular weight is 491 g/mol. The van der Waals surface area contributed by atoms with E-state index in [1.54, 1.807) is 36.4 Å². The number of hydrogen-bond acceptors (Lipinski definition) is 6. The molecule has 0 spiro atoms. The van der Waals surface area contributed by atoms with Crippen LogP contribution in [0, 0.1) is 0 Å². The minimum absolute atomic E-state index is 0.0979. The second-order valence-corrected chi connectivity index (χ2v) is 8.96. The first kappa shape index (κ1) is 25.2. The van der Waals surface area contributed by atoms with E-state index in [4.69, 9.17) is 9.47 Å². The maximum atomic E-state index is 13.6. The number of methoxy groups -OCH3 is 1. The summed E-state index contributed by atoms with van der Waals surface area (Å²) in [5.74, 6) is -0.754. The van der Waals surface area contributed by atoms with Crippen LogP contribution in [0.25, 0.3) is 0 Å². The molecule has 1 fully saturated rings. The number of allylic oxidation sites excluding steroid dienone is 1. The molecule has 36 heavy (non-hydrogen) atoms. The zero-order chi connectivity index (χ0) is 25.7. The van der Waals surface area contributed by atoms with Crippen molar-refractivity contribution in [1.82, 2.24) is 4.90 Å². The molecule has 2 aromatic carbocycles. The largest absolute Gasteiger partial charge is 0.497 e. The molecule has 188 valence electrons. The Labute approximate surface area is 210 Å². The van der Waals surface area contributed by atoms with Crippen molar-refractivity contribution in [3.05, 3.63) is 65.7 Å². The van der Waals surface area contributed by atoms with Gasteiger partial charge in [0.1, 0.15) is 17.5 Å². The quantitative estimate of drug-likeness (QED) is 0.237. The van der Waals surface area contributed by atoms with E-state index in [1.165, 1.54) is 36.6 Å². The number of hydrogen-bond donors (Lipinski definition) is 0. The average Bonchev–Trinajstić information content (AvgIpc) is 3.18. The molecule has 8 heteroatoms. The maximum absolute atomic E-state index is 13.6. The molecular weight excluding hydrogens is 460 g/mol. The minimum atomic E-state index is -0.909. The number of esters is 1. The highest BCUT2D eigenvalue weighted by atomic mass is 16.5. The summed E-state index contributed by atoms with van der Waals surface area (Å²) < 4.78 is 10.3. The van der Waals surface area contributed by atoms with Gasteiger partial charge in [-0.1, -0.05) is 17.7 Å². The number of carbonyl (C=O) groups excluding carboxylic acids is 4. The monoisotopic (exact) mass is 490 g/mol. The Morgan fingerprint density at radius 1 is 1.06 bits per heavy atom. The molecule has 1 unspecified atom stereocenters.